The molecule has 142 valence electrons. The maximum Gasteiger partial charge on any atom is 0.264 e. The number of amides is 1. The minimum Gasteiger partial charge on any atom is -0.484 e. The van der Waals surface area contributed by atoms with Gasteiger partial charge in [-0.2, -0.15) is 0 Å². The molecule has 4 saturated carbocycles. The van der Waals surface area contributed by atoms with Gasteiger partial charge in [0.25, 0.3) is 5.91 Å². The molecule has 2 aromatic rings. The van der Waals surface area contributed by atoms with Gasteiger partial charge in [-0.3, -0.25) is 10.1 Å². The highest BCUT2D eigenvalue weighted by Crippen LogP contribution is 2.61. The number of nitrogens with zero attached hydrogens (tertiary/aromatic N) is 2. The molecule has 1 aromatic heterocycles. The molecule has 0 atom stereocenters. The Morgan fingerprint density at radius 2 is 1.89 bits per heavy atom. The molecule has 1 heterocycles. The first-order chi connectivity index (χ1) is 13.1. The average Bonchev–Trinajstić information content (AvgIpc) is 3.08. The van der Waals surface area contributed by atoms with Gasteiger partial charge in [-0.25, -0.2) is 0 Å². The largest absolute Gasteiger partial charge is 0.484 e. The van der Waals surface area contributed by atoms with Crippen molar-refractivity contribution >= 4 is 22.4 Å². The van der Waals surface area contributed by atoms with Gasteiger partial charge in [0.05, 0.1) is 0 Å². The van der Waals surface area contributed by atoms with Crippen molar-refractivity contribution in [1.29, 1.82) is 0 Å². The van der Waals surface area contributed by atoms with Crippen LogP contribution in [0.1, 0.15) is 49.1 Å². The van der Waals surface area contributed by atoms with E-state index in [4.69, 9.17) is 4.74 Å². The Labute approximate surface area is 163 Å². The third kappa shape index (κ3) is 3.35. The summed E-state index contributed by atoms with van der Waals surface area (Å²) < 4.78 is 5.57. The fraction of sp³-hybridized carbons (Fsp3) is 0.571. The molecule has 27 heavy (non-hydrogen) atoms. The highest BCUT2D eigenvalue weighted by molar-refractivity contribution is 7.15. The van der Waals surface area contributed by atoms with Crippen molar-refractivity contribution in [3.63, 3.8) is 0 Å². The number of nitrogens with one attached hydrogen (secondary N) is 1. The van der Waals surface area contributed by atoms with Gasteiger partial charge in [0.2, 0.25) is 5.13 Å². The Hall–Kier alpha value is -1.95. The molecule has 4 aliphatic carbocycles. The molecule has 0 unspecified atom stereocenters. The molecule has 0 spiro atoms. The fourth-order valence-corrected chi connectivity index (χ4v) is 6.85. The molecule has 1 N–H and O–H groups in total. The molecule has 0 saturated heterocycles. The topological polar surface area (TPSA) is 64.1 Å². The predicted octanol–water partition coefficient (Wildman–Crippen LogP) is 4.33. The summed E-state index contributed by atoms with van der Waals surface area (Å²) in [4.78, 5) is 12.2. The number of ether oxygens (including phenoxy) is 1. The van der Waals surface area contributed by atoms with Gasteiger partial charge in [0, 0.05) is 5.41 Å². The second kappa shape index (κ2) is 6.59. The van der Waals surface area contributed by atoms with E-state index in [0.717, 1.165) is 28.3 Å². The average molecular weight is 384 g/mol. The zero-order valence-corrected chi connectivity index (χ0v) is 16.4. The molecule has 4 aliphatic rings. The second-order valence-corrected chi connectivity index (χ2v) is 9.74. The van der Waals surface area contributed by atoms with Crippen LogP contribution in [0.4, 0.5) is 5.13 Å². The summed E-state index contributed by atoms with van der Waals surface area (Å²) in [6, 6.07) is 7.70. The molecular weight excluding hydrogens is 358 g/mol. The summed E-state index contributed by atoms with van der Waals surface area (Å²) in [5.41, 5.74) is 1.34. The number of hydrogen-bond acceptors (Lipinski definition) is 5. The van der Waals surface area contributed by atoms with Crippen LogP contribution in [-0.4, -0.2) is 22.7 Å². The number of anilines is 1. The maximum atomic E-state index is 12.2. The van der Waals surface area contributed by atoms with Crippen LogP contribution in [0, 0.1) is 24.7 Å². The second-order valence-electron chi connectivity index (χ2n) is 8.76. The summed E-state index contributed by atoms with van der Waals surface area (Å²) in [5, 5.41) is 13.4. The van der Waals surface area contributed by atoms with Crippen LogP contribution in [0.2, 0.25) is 0 Å². The quantitative estimate of drug-likeness (QED) is 0.835. The van der Waals surface area contributed by atoms with E-state index in [2.05, 4.69) is 15.5 Å². The van der Waals surface area contributed by atoms with Crippen LogP contribution >= 0.6 is 11.3 Å². The number of benzene rings is 1. The number of carbonyl (C=O) groups is 1. The lowest BCUT2D eigenvalue weighted by atomic mass is 9.50. The Morgan fingerprint density at radius 1 is 1.19 bits per heavy atom. The molecule has 6 rings (SSSR count). The number of rotatable bonds is 5. The minimum atomic E-state index is -0.190. The van der Waals surface area contributed by atoms with Gasteiger partial charge in [0.1, 0.15) is 10.8 Å². The van der Waals surface area contributed by atoms with E-state index in [-0.39, 0.29) is 17.9 Å². The summed E-state index contributed by atoms with van der Waals surface area (Å²) in [6.07, 6.45) is 8.03. The maximum absolute atomic E-state index is 12.2. The summed E-state index contributed by atoms with van der Waals surface area (Å²) >= 11 is 1.56. The minimum absolute atomic E-state index is 0.0181. The van der Waals surface area contributed by atoms with Crippen molar-refractivity contribution in [2.45, 2.75) is 50.9 Å². The standard InChI is InChI=1S/C21H25N3O2S/c1-13-3-2-4-17(5-13)26-12-18(25)22-20-24-23-19(27-20)21-9-14-6-15(10-21)8-16(7-14)11-21/h2-5,14-16H,6-12H2,1H3,(H,22,24,25). The molecule has 5 nitrogen and oxygen atoms in total. The van der Waals surface area contributed by atoms with Crippen LogP contribution in [0.15, 0.2) is 24.3 Å². The number of aryl methyl sites for hydroxylation is 1. The van der Waals surface area contributed by atoms with Crippen molar-refractivity contribution in [2.24, 2.45) is 17.8 Å². The Morgan fingerprint density at radius 3 is 2.56 bits per heavy atom. The summed E-state index contributed by atoms with van der Waals surface area (Å²) in [5.74, 6) is 3.14. The Balaban J connectivity index is 1.23. The number of carbonyl (C=O) groups excluding carboxylic acids is 1. The monoisotopic (exact) mass is 383 g/mol. The Kier molecular flexibility index (Phi) is 4.19. The van der Waals surface area contributed by atoms with Gasteiger partial charge in [0.15, 0.2) is 6.61 Å². The first-order valence-electron chi connectivity index (χ1n) is 9.91. The van der Waals surface area contributed by atoms with Crippen molar-refractivity contribution in [2.75, 3.05) is 11.9 Å². The first-order valence-corrected chi connectivity index (χ1v) is 10.7. The van der Waals surface area contributed by atoms with E-state index in [0.29, 0.717) is 10.9 Å². The lowest BCUT2D eigenvalue weighted by Gasteiger charge is -2.55. The van der Waals surface area contributed by atoms with Gasteiger partial charge < -0.3 is 4.74 Å². The van der Waals surface area contributed by atoms with E-state index < -0.39 is 0 Å². The molecule has 0 aliphatic heterocycles. The zero-order valence-electron chi connectivity index (χ0n) is 15.6. The van der Waals surface area contributed by atoms with Gasteiger partial charge >= 0.3 is 0 Å². The van der Waals surface area contributed by atoms with Crippen LogP contribution in [0.5, 0.6) is 5.75 Å². The molecule has 6 heteroatoms. The van der Waals surface area contributed by atoms with Gasteiger partial charge in [-0.1, -0.05) is 23.5 Å². The third-order valence-electron chi connectivity index (χ3n) is 6.52. The van der Waals surface area contributed by atoms with E-state index >= 15 is 0 Å². The molecular formula is C21H25N3O2S. The summed E-state index contributed by atoms with van der Waals surface area (Å²) in [7, 11) is 0. The van der Waals surface area contributed by atoms with Crippen LogP contribution < -0.4 is 10.1 Å². The van der Waals surface area contributed by atoms with Crippen molar-refractivity contribution in [3.05, 3.63) is 34.8 Å². The highest BCUT2D eigenvalue weighted by atomic mass is 32.1. The normalized spacial score (nSPS) is 31.1. The van der Waals surface area contributed by atoms with Crippen LogP contribution in [0.3, 0.4) is 0 Å². The fourth-order valence-electron chi connectivity index (χ4n) is 5.87. The third-order valence-corrected chi connectivity index (χ3v) is 7.61. The smallest absolute Gasteiger partial charge is 0.264 e. The number of hydrogen-bond donors (Lipinski definition) is 1. The van der Waals surface area contributed by atoms with Crippen LogP contribution in [-0.2, 0) is 10.2 Å². The zero-order chi connectivity index (χ0) is 18.4. The molecule has 4 bridgehead atoms. The van der Waals surface area contributed by atoms with E-state index in [1.165, 1.54) is 38.5 Å². The van der Waals surface area contributed by atoms with E-state index in [9.17, 15) is 4.79 Å². The number of aromatic nitrogens is 2. The van der Waals surface area contributed by atoms with Crippen LogP contribution in [0.25, 0.3) is 0 Å². The molecule has 4 fully saturated rings. The summed E-state index contributed by atoms with van der Waals surface area (Å²) in [6.45, 7) is 1.98. The van der Waals surface area contributed by atoms with E-state index in [1.807, 2.05) is 31.2 Å². The highest BCUT2D eigenvalue weighted by Gasteiger charge is 2.53. The van der Waals surface area contributed by atoms with Gasteiger partial charge in [-0.05, 0) is 80.9 Å². The lowest BCUT2D eigenvalue weighted by Crippen LogP contribution is -2.48. The Bertz CT molecular complexity index is 827. The molecule has 1 aromatic carbocycles. The van der Waals surface area contributed by atoms with Crippen molar-refractivity contribution in [3.8, 4) is 5.75 Å². The van der Waals surface area contributed by atoms with Gasteiger partial charge in [-0.15, -0.1) is 10.2 Å². The first kappa shape index (κ1) is 17.2. The lowest BCUT2D eigenvalue weighted by molar-refractivity contribution is -0.118. The SMILES string of the molecule is Cc1cccc(OCC(=O)Nc2nnc(C34CC5CC(CC(C5)C3)C4)s2)c1. The molecule has 0 radical (unpaired) electrons. The van der Waals surface area contributed by atoms with Crippen molar-refractivity contribution < 1.29 is 9.53 Å². The van der Waals surface area contributed by atoms with E-state index in [1.54, 1.807) is 11.3 Å². The van der Waals surface area contributed by atoms with Crippen molar-refractivity contribution in [1.82, 2.24) is 10.2 Å². The molecule has 1 amide bonds. The predicted molar refractivity (Wildman–Crippen MR) is 105 cm³/mol.